The van der Waals surface area contributed by atoms with Gasteiger partial charge in [0, 0.05) is 29.6 Å². The fraction of sp³-hybridized carbons (Fsp3) is 0. The van der Waals surface area contributed by atoms with Gasteiger partial charge in [0.1, 0.15) is 17.8 Å². The molecule has 0 radical (unpaired) electrons. The smallest absolute Gasteiger partial charge is 0.339 e. The molecule has 0 bridgehead atoms. The first-order valence-corrected chi connectivity index (χ1v) is 9.13. The normalized spacial score (nSPS) is 10.8. The van der Waals surface area contributed by atoms with E-state index in [9.17, 15) is 14.3 Å². The molecule has 0 spiro atoms. The molecule has 4 aromatic rings. The number of carbonyl (C=O) groups excluding carboxylic acids is 1. The van der Waals surface area contributed by atoms with Crippen LogP contribution in [0.2, 0.25) is 0 Å². The van der Waals surface area contributed by atoms with Gasteiger partial charge in [-0.05, 0) is 40.8 Å². The maximum Gasteiger partial charge on any atom is 0.339 e. The Morgan fingerprint density at radius 1 is 1.19 bits per heavy atom. The Morgan fingerprint density at radius 3 is 2.84 bits per heavy atom. The first-order valence-electron chi connectivity index (χ1n) is 9.13. The molecule has 2 aromatic carbocycles. The first kappa shape index (κ1) is 20.4. The summed E-state index contributed by atoms with van der Waals surface area (Å²) in [5.41, 5.74) is 2.85. The van der Waals surface area contributed by atoms with E-state index in [2.05, 4.69) is 36.4 Å². The lowest BCUT2D eigenvalue weighted by atomic mass is 10.2. The third-order valence-electron chi connectivity index (χ3n) is 4.02. The monoisotopic (exact) mass is 434 g/mol. The Kier molecular flexibility index (Phi) is 5.93. The van der Waals surface area contributed by atoms with Gasteiger partial charge < -0.3 is 15.2 Å². The van der Waals surface area contributed by atoms with Crippen molar-refractivity contribution in [3.63, 3.8) is 0 Å². The number of rotatable bonds is 6. The van der Waals surface area contributed by atoms with Gasteiger partial charge in [0.05, 0.1) is 6.21 Å². The molecule has 0 unspecified atom stereocenters. The molecule has 12 heteroatoms. The van der Waals surface area contributed by atoms with Gasteiger partial charge >= 0.3 is 6.03 Å². The van der Waals surface area contributed by atoms with E-state index < -0.39 is 11.8 Å². The minimum atomic E-state index is -0.693. The zero-order valence-corrected chi connectivity index (χ0v) is 16.3. The second-order valence-corrected chi connectivity index (χ2v) is 6.23. The number of urea groups is 1. The highest BCUT2D eigenvalue weighted by molar-refractivity contribution is 5.90. The van der Waals surface area contributed by atoms with Gasteiger partial charge in [-0.2, -0.15) is 9.78 Å². The number of tetrazole rings is 1. The van der Waals surface area contributed by atoms with Crippen LogP contribution in [0.1, 0.15) is 5.56 Å². The number of hydrazone groups is 1. The molecule has 0 atom stereocenters. The number of phenols is 1. The molecule has 2 aromatic heterocycles. The van der Waals surface area contributed by atoms with Crippen molar-refractivity contribution < 1.29 is 19.0 Å². The fourth-order valence-electron chi connectivity index (χ4n) is 2.56. The SMILES string of the molecule is O=C(N/N=C/c1ccccc1O)Nc1ccc(Oc2ccnc(-n3cnnn3)c2)c(F)c1. The van der Waals surface area contributed by atoms with Gasteiger partial charge in [0.15, 0.2) is 17.4 Å². The summed E-state index contributed by atoms with van der Waals surface area (Å²) in [6, 6.07) is 12.8. The van der Waals surface area contributed by atoms with Crippen molar-refractivity contribution >= 4 is 17.9 Å². The van der Waals surface area contributed by atoms with E-state index in [0.717, 1.165) is 6.07 Å². The third-order valence-corrected chi connectivity index (χ3v) is 4.02. The number of anilines is 1. The van der Waals surface area contributed by atoms with Crippen LogP contribution >= 0.6 is 0 Å². The number of ether oxygens (including phenoxy) is 1. The van der Waals surface area contributed by atoms with Crippen molar-refractivity contribution in [2.45, 2.75) is 0 Å². The number of nitrogens with one attached hydrogen (secondary N) is 2. The third kappa shape index (κ3) is 4.99. The van der Waals surface area contributed by atoms with E-state index in [0.29, 0.717) is 17.1 Å². The molecule has 2 heterocycles. The number of amides is 2. The average Bonchev–Trinajstić information content (AvgIpc) is 3.32. The van der Waals surface area contributed by atoms with Crippen LogP contribution in [0.15, 0.2) is 72.2 Å². The summed E-state index contributed by atoms with van der Waals surface area (Å²) >= 11 is 0. The van der Waals surface area contributed by atoms with Gasteiger partial charge in [0.2, 0.25) is 0 Å². The molecule has 0 saturated heterocycles. The number of para-hydroxylation sites is 1. The predicted octanol–water partition coefficient (Wildman–Crippen LogP) is 2.85. The van der Waals surface area contributed by atoms with Crippen molar-refractivity contribution in [1.82, 2.24) is 30.6 Å². The molecule has 160 valence electrons. The van der Waals surface area contributed by atoms with E-state index in [4.69, 9.17) is 4.74 Å². The van der Waals surface area contributed by atoms with Crippen LogP contribution < -0.4 is 15.5 Å². The summed E-state index contributed by atoms with van der Waals surface area (Å²) in [5, 5.41) is 26.6. The number of nitrogens with zero attached hydrogens (tertiary/aromatic N) is 6. The number of pyridine rings is 1. The predicted molar refractivity (Wildman–Crippen MR) is 111 cm³/mol. The van der Waals surface area contributed by atoms with Crippen LogP contribution in [0, 0.1) is 5.82 Å². The molecule has 32 heavy (non-hydrogen) atoms. The minimum Gasteiger partial charge on any atom is -0.507 e. The Labute approximate surface area is 180 Å². The maximum atomic E-state index is 14.5. The molecule has 0 fully saturated rings. The van der Waals surface area contributed by atoms with E-state index in [1.165, 1.54) is 47.7 Å². The van der Waals surface area contributed by atoms with Gasteiger partial charge in [0.25, 0.3) is 0 Å². The van der Waals surface area contributed by atoms with E-state index in [-0.39, 0.29) is 17.2 Å². The number of hydrogen-bond acceptors (Lipinski definition) is 8. The van der Waals surface area contributed by atoms with Crippen LogP contribution in [0.5, 0.6) is 17.2 Å². The number of hydrogen-bond donors (Lipinski definition) is 3. The molecule has 3 N–H and O–H groups in total. The second-order valence-electron chi connectivity index (χ2n) is 6.23. The molecular formula is C20H15FN8O3. The number of aromatic hydroxyl groups is 1. The molecule has 2 amide bonds. The maximum absolute atomic E-state index is 14.5. The molecule has 0 aliphatic rings. The van der Waals surface area contributed by atoms with Gasteiger partial charge in [-0.3, -0.25) is 0 Å². The zero-order chi connectivity index (χ0) is 22.3. The quantitative estimate of drug-likeness (QED) is 0.313. The standard InChI is InChI=1S/C20H15FN8O3/c21-16-9-14(25-20(31)26-23-11-13-3-1-2-4-17(13)30)5-6-18(16)32-15-7-8-22-19(10-15)29-12-24-27-28-29/h1-12,30H,(H2,25,26,31)/b23-11+. The molecule has 0 aliphatic carbocycles. The zero-order valence-electron chi connectivity index (χ0n) is 16.3. The summed E-state index contributed by atoms with van der Waals surface area (Å²) in [7, 11) is 0. The Balaban J connectivity index is 1.37. The lowest BCUT2D eigenvalue weighted by Gasteiger charge is -2.10. The van der Waals surface area contributed by atoms with Gasteiger partial charge in [-0.15, -0.1) is 5.10 Å². The van der Waals surface area contributed by atoms with Crippen molar-refractivity contribution in [2.75, 3.05) is 5.32 Å². The Morgan fingerprint density at radius 2 is 2.06 bits per heavy atom. The number of benzene rings is 2. The summed E-state index contributed by atoms with van der Waals surface area (Å²) in [4.78, 5) is 16.1. The van der Waals surface area contributed by atoms with Crippen LogP contribution in [0.25, 0.3) is 5.82 Å². The first-order chi connectivity index (χ1) is 15.6. The van der Waals surface area contributed by atoms with Crippen LogP contribution in [0.3, 0.4) is 0 Å². The summed E-state index contributed by atoms with van der Waals surface area (Å²) in [6.45, 7) is 0. The second kappa shape index (κ2) is 9.30. The minimum absolute atomic E-state index is 0.0235. The van der Waals surface area contributed by atoms with Crippen molar-refractivity contribution in [3.8, 4) is 23.1 Å². The van der Waals surface area contributed by atoms with Gasteiger partial charge in [-0.1, -0.05) is 12.1 Å². The van der Waals surface area contributed by atoms with Crippen molar-refractivity contribution in [3.05, 3.63) is 78.5 Å². The summed E-state index contributed by atoms with van der Waals surface area (Å²) in [6.07, 6.45) is 4.12. The summed E-state index contributed by atoms with van der Waals surface area (Å²) in [5.74, 6) is -0.00678. The average molecular weight is 434 g/mol. The Hall–Kier alpha value is -4.87. The largest absolute Gasteiger partial charge is 0.507 e. The molecule has 4 rings (SSSR count). The lowest BCUT2D eigenvalue weighted by molar-refractivity contribution is 0.252. The van der Waals surface area contributed by atoms with Crippen LogP contribution in [0.4, 0.5) is 14.9 Å². The van der Waals surface area contributed by atoms with E-state index in [1.54, 1.807) is 24.3 Å². The number of phenolic OH excluding ortho intramolecular Hbond substituents is 1. The van der Waals surface area contributed by atoms with Crippen molar-refractivity contribution in [1.29, 1.82) is 0 Å². The molecular weight excluding hydrogens is 419 g/mol. The molecule has 11 nitrogen and oxygen atoms in total. The van der Waals surface area contributed by atoms with Crippen LogP contribution in [-0.2, 0) is 0 Å². The Bertz CT molecular complexity index is 1260. The highest BCUT2D eigenvalue weighted by Crippen LogP contribution is 2.27. The fourth-order valence-corrected chi connectivity index (χ4v) is 2.56. The topological polar surface area (TPSA) is 139 Å². The summed E-state index contributed by atoms with van der Waals surface area (Å²) < 4.78 is 21.4. The highest BCUT2D eigenvalue weighted by Gasteiger charge is 2.10. The number of carbonyl (C=O) groups is 1. The van der Waals surface area contributed by atoms with E-state index in [1.807, 2.05) is 0 Å². The number of halogens is 1. The number of aromatic nitrogens is 5. The van der Waals surface area contributed by atoms with Gasteiger partial charge in [-0.25, -0.2) is 19.6 Å². The van der Waals surface area contributed by atoms with Crippen LogP contribution in [-0.4, -0.2) is 42.5 Å². The lowest BCUT2D eigenvalue weighted by Crippen LogP contribution is -2.24. The van der Waals surface area contributed by atoms with Crippen molar-refractivity contribution in [2.24, 2.45) is 5.10 Å². The highest BCUT2D eigenvalue weighted by atomic mass is 19.1. The molecule has 0 saturated carbocycles. The molecule has 0 aliphatic heterocycles. The van der Waals surface area contributed by atoms with E-state index >= 15 is 0 Å².